The first-order chi connectivity index (χ1) is 13.7. The molecule has 5 rings (SSSR count). The Hall–Kier alpha value is -2.74. The van der Waals surface area contributed by atoms with Gasteiger partial charge in [0.05, 0.1) is 11.6 Å². The Bertz CT molecular complexity index is 989. The molecule has 2 aliphatic rings. The van der Waals surface area contributed by atoms with Crippen LogP contribution >= 0.6 is 0 Å². The third-order valence-corrected chi connectivity index (χ3v) is 6.06. The maximum Gasteiger partial charge on any atom is 0.226 e. The van der Waals surface area contributed by atoms with Crippen molar-refractivity contribution in [3.05, 3.63) is 34.8 Å². The van der Waals surface area contributed by atoms with Crippen molar-refractivity contribution in [2.24, 2.45) is 0 Å². The molecule has 4 N–H and O–H groups in total. The van der Waals surface area contributed by atoms with E-state index in [0.717, 1.165) is 62.8 Å². The summed E-state index contributed by atoms with van der Waals surface area (Å²) in [4.78, 5) is 16.5. The van der Waals surface area contributed by atoms with Crippen LogP contribution in [0.3, 0.4) is 0 Å². The lowest BCUT2D eigenvalue weighted by Gasteiger charge is -2.32. The predicted molar refractivity (Wildman–Crippen MR) is 109 cm³/mol. The van der Waals surface area contributed by atoms with Crippen LogP contribution in [0.1, 0.15) is 41.6 Å². The molecule has 0 atom stereocenters. The van der Waals surface area contributed by atoms with Crippen LogP contribution in [0.15, 0.2) is 12.4 Å². The van der Waals surface area contributed by atoms with Gasteiger partial charge in [0.1, 0.15) is 5.82 Å². The van der Waals surface area contributed by atoms with Gasteiger partial charge in [-0.1, -0.05) is 0 Å². The van der Waals surface area contributed by atoms with E-state index in [1.165, 1.54) is 22.4 Å². The Morgan fingerprint density at radius 1 is 1.21 bits per heavy atom. The molecule has 28 heavy (non-hydrogen) atoms. The Labute approximate surface area is 164 Å². The van der Waals surface area contributed by atoms with Crippen molar-refractivity contribution in [2.75, 3.05) is 24.1 Å². The number of likely N-dealkylation sites (tertiary alicyclic amines) is 1. The number of nitrogens with zero attached hydrogens (tertiary/aromatic N) is 5. The number of rotatable bonds is 4. The van der Waals surface area contributed by atoms with Crippen LogP contribution in [-0.4, -0.2) is 49.2 Å². The fourth-order valence-corrected chi connectivity index (χ4v) is 4.55. The van der Waals surface area contributed by atoms with Crippen LogP contribution in [0.4, 0.5) is 11.8 Å². The van der Waals surface area contributed by atoms with Gasteiger partial charge in [-0.05, 0) is 50.2 Å². The van der Waals surface area contributed by atoms with Crippen LogP contribution in [0.25, 0.3) is 11.0 Å². The molecule has 1 aliphatic heterocycles. The minimum Gasteiger partial charge on any atom is -0.383 e. The molecule has 8 heteroatoms. The first-order valence-electron chi connectivity index (χ1n) is 10.1. The number of aryl methyl sites for hydroxylation is 2. The van der Waals surface area contributed by atoms with Crippen molar-refractivity contribution in [1.29, 1.82) is 0 Å². The summed E-state index contributed by atoms with van der Waals surface area (Å²) in [6.45, 7) is 5.14. The number of hydrogen-bond donors (Lipinski definition) is 3. The van der Waals surface area contributed by atoms with Crippen LogP contribution in [0, 0.1) is 6.92 Å². The second kappa shape index (κ2) is 7.01. The highest BCUT2D eigenvalue weighted by atomic mass is 15.2. The lowest BCUT2D eigenvalue weighted by atomic mass is 10.0. The highest BCUT2D eigenvalue weighted by Crippen LogP contribution is 2.31. The van der Waals surface area contributed by atoms with E-state index in [4.69, 9.17) is 15.7 Å². The fraction of sp³-hybridized carbons (Fsp3) is 0.500. The third kappa shape index (κ3) is 3.17. The van der Waals surface area contributed by atoms with Gasteiger partial charge in [-0.3, -0.25) is 10.00 Å². The van der Waals surface area contributed by atoms with Crippen LogP contribution in [-0.2, 0) is 19.4 Å². The summed E-state index contributed by atoms with van der Waals surface area (Å²) in [5, 5.41) is 11.3. The van der Waals surface area contributed by atoms with Gasteiger partial charge in [-0.15, -0.1) is 0 Å². The number of piperidine rings is 1. The van der Waals surface area contributed by atoms with Crippen molar-refractivity contribution >= 4 is 22.8 Å². The fourth-order valence-electron chi connectivity index (χ4n) is 4.55. The zero-order valence-electron chi connectivity index (χ0n) is 16.2. The largest absolute Gasteiger partial charge is 0.383 e. The van der Waals surface area contributed by atoms with Crippen molar-refractivity contribution in [3.63, 3.8) is 0 Å². The van der Waals surface area contributed by atoms with E-state index in [2.05, 4.69) is 32.3 Å². The van der Waals surface area contributed by atoms with Crippen molar-refractivity contribution in [3.8, 4) is 0 Å². The topological polar surface area (TPSA) is 109 Å². The monoisotopic (exact) mass is 378 g/mol. The first kappa shape index (κ1) is 17.4. The van der Waals surface area contributed by atoms with Gasteiger partial charge < -0.3 is 11.1 Å². The summed E-state index contributed by atoms with van der Waals surface area (Å²) < 4.78 is 0. The molecule has 0 aromatic carbocycles. The standard InChI is InChI=1S/C20H26N8/c1-12-15-3-2-4-16(15)25-19-17(12)18(21)26-20(27-19)24-14-5-7-28(8-6-14)11-13-9-22-23-10-13/h9-10,14H,2-8,11H2,1H3,(H,22,23)(H3,21,24,25,26,27). The number of anilines is 2. The van der Waals surface area contributed by atoms with Crippen molar-refractivity contribution in [1.82, 2.24) is 30.0 Å². The Kier molecular flexibility index (Phi) is 4.35. The molecule has 0 bridgehead atoms. The number of hydrogen-bond acceptors (Lipinski definition) is 7. The molecule has 1 aliphatic carbocycles. The molecular weight excluding hydrogens is 352 g/mol. The highest BCUT2D eigenvalue weighted by Gasteiger charge is 2.23. The SMILES string of the molecule is Cc1c2c(nc3nc(NC4CCN(Cc5cn[nH]c5)CC4)nc(N)c13)CCC2. The Balaban J connectivity index is 1.30. The lowest BCUT2D eigenvalue weighted by Crippen LogP contribution is -2.39. The van der Waals surface area contributed by atoms with Crippen LogP contribution in [0.5, 0.6) is 0 Å². The van der Waals surface area contributed by atoms with E-state index in [-0.39, 0.29) is 0 Å². The zero-order chi connectivity index (χ0) is 19.1. The van der Waals surface area contributed by atoms with E-state index in [1.54, 1.807) is 0 Å². The van der Waals surface area contributed by atoms with E-state index in [9.17, 15) is 0 Å². The quantitative estimate of drug-likeness (QED) is 0.638. The van der Waals surface area contributed by atoms with Crippen molar-refractivity contribution < 1.29 is 0 Å². The molecule has 0 radical (unpaired) electrons. The number of nitrogens with two attached hydrogens (primary N) is 1. The maximum atomic E-state index is 6.31. The summed E-state index contributed by atoms with van der Waals surface area (Å²) in [5.74, 6) is 1.13. The second-order valence-electron chi connectivity index (χ2n) is 7.95. The molecule has 1 saturated heterocycles. The van der Waals surface area contributed by atoms with E-state index in [1.807, 2.05) is 12.4 Å². The minimum absolute atomic E-state index is 0.355. The second-order valence-corrected chi connectivity index (χ2v) is 7.95. The number of nitrogens with one attached hydrogen (secondary N) is 2. The van der Waals surface area contributed by atoms with Gasteiger partial charge in [0.15, 0.2) is 5.65 Å². The zero-order valence-corrected chi connectivity index (χ0v) is 16.2. The molecule has 8 nitrogen and oxygen atoms in total. The molecule has 3 aromatic rings. The number of H-pyrrole nitrogens is 1. The van der Waals surface area contributed by atoms with Crippen LogP contribution in [0.2, 0.25) is 0 Å². The molecule has 0 amide bonds. The molecular formula is C20H26N8. The average molecular weight is 378 g/mol. The summed E-state index contributed by atoms with van der Waals surface area (Å²) in [6, 6.07) is 0.355. The molecule has 1 fully saturated rings. The van der Waals surface area contributed by atoms with E-state index in [0.29, 0.717) is 17.8 Å². The summed E-state index contributed by atoms with van der Waals surface area (Å²) >= 11 is 0. The Morgan fingerprint density at radius 2 is 2.07 bits per heavy atom. The first-order valence-corrected chi connectivity index (χ1v) is 10.1. The number of pyridine rings is 1. The van der Waals surface area contributed by atoms with E-state index >= 15 is 0 Å². The molecule has 3 aromatic heterocycles. The molecule has 4 heterocycles. The molecule has 146 valence electrons. The van der Waals surface area contributed by atoms with E-state index < -0.39 is 0 Å². The van der Waals surface area contributed by atoms with Gasteiger partial charge >= 0.3 is 0 Å². The summed E-state index contributed by atoms with van der Waals surface area (Å²) in [7, 11) is 0. The molecule has 0 saturated carbocycles. The highest BCUT2D eigenvalue weighted by molar-refractivity contribution is 5.90. The minimum atomic E-state index is 0.355. The predicted octanol–water partition coefficient (Wildman–Crippen LogP) is 2.20. The maximum absolute atomic E-state index is 6.31. The molecule has 0 spiro atoms. The number of aromatic nitrogens is 5. The van der Waals surface area contributed by atoms with Crippen molar-refractivity contribution in [2.45, 2.75) is 51.6 Å². The van der Waals surface area contributed by atoms with Crippen LogP contribution < -0.4 is 11.1 Å². The number of fused-ring (bicyclic) bond motifs is 2. The summed E-state index contributed by atoms with van der Waals surface area (Å²) in [5.41, 5.74) is 12.0. The average Bonchev–Trinajstić information content (AvgIpc) is 3.35. The Morgan fingerprint density at radius 3 is 2.86 bits per heavy atom. The summed E-state index contributed by atoms with van der Waals surface area (Å²) in [6.07, 6.45) is 9.24. The third-order valence-electron chi connectivity index (χ3n) is 6.06. The molecule has 0 unspecified atom stereocenters. The van der Waals surface area contributed by atoms with Gasteiger partial charge in [0.25, 0.3) is 0 Å². The van der Waals surface area contributed by atoms with Gasteiger partial charge in [0.2, 0.25) is 5.95 Å². The lowest BCUT2D eigenvalue weighted by molar-refractivity contribution is 0.211. The van der Waals surface area contributed by atoms with Gasteiger partial charge in [-0.25, -0.2) is 4.98 Å². The normalized spacial score (nSPS) is 17.9. The van der Waals surface area contributed by atoms with Gasteiger partial charge in [-0.2, -0.15) is 15.1 Å². The number of aromatic amines is 1. The smallest absolute Gasteiger partial charge is 0.226 e. The van der Waals surface area contributed by atoms with Gasteiger partial charge in [0, 0.05) is 43.1 Å². The number of nitrogen functional groups attached to an aromatic ring is 1.